The highest BCUT2D eigenvalue weighted by Crippen LogP contribution is 2.29. The summed E-state index contributed by atoms with van der Waals surface area (Å²) in [4.78, 5) is 55.6. The fourth-order valence-corrected chi connectivity index (χ4v) is 5.13. The number of amides is 3. The second kappa shape index (κ2) is 14.3. The van der Waals surface area contributed by atoms with Gasteiger partial charge in [-0.05, 0) is 58.8 Å². The maximum Gasteiger partial charge on any atom is 0.408 e. The van der Waals surface area contributed by atoms with Crippen LogP contribution in [0.25, 0.3) is 0 Å². The molecule has 0 radical (unpaired) electrons. The van der Waals surface area contributed by atoms with Gasteiger partial charge >= 0.3 is 12.1 Å². The van der Waals surface area contributed by atoms with E-state index >= 15 is 0 Å². The zero-order valence-electron chi connectivity index (χ0n) is 26.9. The Morgan fingerprint density at radius 2 is 1.60 bits per heavy atom. The van der Waals surface area contributed by atoms with Crippen LogP contribution in [0.1, 0.15) is 82.1 Å². The number of methoxy groups -OCH3 is 2. The Bertz CT molecular complexity index is 933. The van der Waals surface area contributed by atoms with Gasteiger partial charge in [-0.1, -0.05) is 40.7 Å². The predicted molar refractivity (Wildman–Crippen MR) is 154 cm³/mol. The molecule has 1 aliphatic rings. The van der Waals surface area contributed by atoms with E-state index in [0.29, 0.717) is 18.5 Å². The van der Waals surface area contributed by atoms with Crippen molar-refractivity contribution in [3.8, 4) is 0 Å². The van der Waals surface area contributed by atoms with E-state index in [2.05, 4.69) is 5.32 Å². The number of carbonyl (C=O) groups is 4. The van der Waals surface area contributed by atoms with E-state index in [9.17, 15) is 19.2 Å². The van der Waals surface area contributed by atoms with Gasteiger partial charge in [-0.2, -0.15) is 0 Å². The molecule has 1 fully saturated rings. The van der Waals surface area contributed by atoms with E-state index < -0.39 is 41.2 Å². The molecule has 5 atom stereocenters. The Hall–Kier alpha value is -2.62. The van der Waals surface area contributed by atoms with Crippen LogP contribution in [-0.2, 0) is 28.6 Å². The number of ether oxygens (including phenoxy) is 3. The van der Waals surface area contributed by atoms with E-state index in [4.69, 9.17) is 14.2 Å². The molecule has 40 heavy (non-hydrogen) atoms. The number of likely N-dealkylation sites (N-methyl/N-ethyl adjacent to an activating group) is 1. The topological polar surface area (TPSA) is 114 Å². The first kappa shape index (κ1) is 35.4. The number of esters is 1. The van der Waals surface area contributed by atoms with Crippen molar-refractivity contribution in [1.29, 1.82) is 0 Å². The lowest BCUT2D eigenvalue weighted by molar-refractivity contribution is -0.153. The van der Waals surface area contributed by atoms with Gasteiger partial charge in [0.1, 0.15) is 11.6 Å². The fraction of sp³-hybridized carbons (Fsp3) is 0.800. The fourth-order valence-electron chi connectivity index (χ4n) is 5.13. The van der Waals surface area contributed by atoms with Crippen molar-refractivity contribution < 1.29 is 33.4 Å². The summed E-state index contributed by atoms with van der Waals surface area (Å²) in [5.74, 6) is -1.37. The minimum Gasteiger partial charge on any atom is -0.469 e. The molecule has 0 saturated carbocycles. The van der Waals surface area contributed by atoms with E-state index in [1.165, 1.54) is 7.11 Å². The summed E-state index contributed by atoms with van der Waals surface area (Å²) < 4.78 is 16.0. The molecule has 3 amide bonds. The number of hydrogen-bond acceptors (Lipinski definition) is 7. The standard InChI is InChI=1S/C30H53N3O7/c1-18(2)22(32(11)26(35)24(29(5,6)7)31-28(37)40-30(8,9)10)17-19(3)25(34)33-16-14-15-21(33)23(38-12)20(4)27(36)39-13/h17-18,20-24H,14-16H2,1-13H3,(H,31,37)/b19-17+/t20-,21+,22-,23-,24-/m1/s1. The average Bonchev–Trinajstić information content (AvgIpc) is 3.31. The molecule has 0 aliphatic carbocycles. The maximum atomic E-state index is 13.8. The third kappa shape index (κ3) is 9.49. The smallest absolute Gasteiger partial charge is 0.408 e. The van der Waals surface area contributed by atoms with Crippen molar-refractivity contribution in [1.82, 2.24) is 15.1 Å². The first-order valence-electron chi connectivity index (χ1n) is 14.1. The number of rotatable bonds is 10. The van der Waals surface area contributed by atoms with Gasteiger partial charge in [-0.25, -0.2) is 4.79 Å². The lowest BCUT2D eigenvalue weighted by Crippen LogP contribution is -2.57. The molecule has 1 saturated heterocycles. The number of nitrogens with zero attached hydrogens (tertiary/aromatic N) is 2. The summed E-state index contributed by atoms with van der Waals surface area (Å²) in [5.41, 5.74) is -0.795. The SMILES string of the molecule is COC(=O)[C@H](C)[C@@H](OC)[C@@H]1CCCN1C(=O)/C(C)=C/[C@H](C(C)C)N(C)C(=O)[C@@H](NC(=O)OC(C)(C)C)C(C)(C)C. The molecule has 1 heterocycles. The third-order valence-electron chi connectivity index (χ3n) is 7.29. The van der Waals surface area contributed by atoms with Crippen molar-refractivity contribution >= 4 is 23.9 Å². The number of hydrogen-bond donors (Lipinski definition) is 1. The Morgan fingerprint density at radius 1 is 1.02 bits per heavy atom. The third-order valence-corrected chi connectivity index (χ3v) is 7.29. The Kier molecular flexibility index (Phi) is 12.7. The highest BCUT2D eigenvalue weighted by Gasteiger charge is 2.41. The highest BCUT2D eigenvalue weighted by molar-refractivity contribution is 5.94. The van der Waals surface area contributed by atoms with Gasteiger partial charge in [0.05, 0.1) is 31.2 Å². The number of alkyl carbamates (subject to hydrolysis) is 1. The zero-order valence-corrected chi connectivity index (χ0v) is 26.9. The zero-order chi connectivity index (χ0) is 31.2. The molecule has 1 N–H and O–H groups in total. The van der Waals surface area contributed by atoms with Gasteiger partial charge in [-0.15, -0.1) is 0 Å². The summed E-state index contributed by atoms with van der Waals surface area (Å²) in [6, 6.07) is -1.52. The first-order valence-corrected chi connectivity index (χ1v) is 14.1. The van der Waals surface area contributed by atoms with Crippen LogP contribution in [0.15, 0.2) is 11.6 Å². The van der Waals surface area contributed by atoms with Crippen molar-refractivity contribution in [3.05, 3.63) is 11.6 Å². The van der Waals surface area contributed by atoms with Crippen LogP contribution in [0.2, 0.25) is 0 Å². The molecule has 10 nitrogen and oxygen atoms in total. The van der Waals surface area contributed by atoms with Crippen LogP contribution in [0.4, 0.5) is 4.79 Å². The maximum absolute atomic E-state index is 13.8. The molecule has 0 aromatic heterocycles. The molecule has 0 spiro atoms. The first-order chi connectivity index (χ1) is 18.3. The average molecular weight is 568 g/mol. The summed E-state index contributed by atoms with van der Waals surface area (Å²) in [5, 5.41) is 2.76. The predicted octanol–water partition coefficient (Wildman–Crippen LogP) is 4.17. The van der Waals surface area contributed by atoms with Crippen LogP contribution in [-0.4, -0.2) is 91.3 Å². The van der Waals surface area contributed by atoms with Crippen LogP contribution >= 0.6 is 0 Å². The Morgan fingerprint density at radius 3 is 2.05 bits per heavy atom. The molecule has 1 rings (SSSR count). The molecule has 10 heteroatoms. The highest BCUT2D eigenvalue weighted by atomic mass is 16.6. The normalized spacial score (nSPS) is 19.5. The van der Waals surface area contributed by atoms with E-state index in [0.717, 1.165) is 6.42 Å². The van der Waals surface area contributed by atoms with Crippen LogP contribution in [0, 0.1) is 17.3 Å². The van der Waals surface area contributed by atoms with Crippen molar-refractivity contribution in [2.45, 2.75) is 112 Å². The summed E-state index contributed by atoms with van der Waals surface area (Å²) in [6.45, 7) is 18.9. The van der Waals surface area contributed by atoms with E-state index in [-0.39, 0.29) is 29.7 Å². The van der Waals surface area contributed by atoms with Crippen molar-refractivity contribution in [2.75, 3.05) is 27.8 Å². The molecule has 0 bridgehead atoms. The summed E-state index contributed by atoms with van der Waals surface area (Å²) in [7, 11) is 4.57. The lowest BCUT2D eigenvalue weighted by atomic mass is 9.85. The lowest BCUT2D eigenvalue weighted by Gasteiger charge is -2.38. The second-order valence-corrected chi connectivity index (χ2v) is 13.2. The van der Waals surface area contributed by atoms with E-state index in [1.54, 1.807) is 58.6 Å². The molecule has 1 aliphatic heterocycles. The largest absolute Gasteiger partial charge is 0.469 e. The van der Waals surface area contributed by atoms with E-state index in [1.807, 2.05) is 40.7 Å². The van der Waals surface area contributed by atoms with Crippen LogP contribution in [0.5, 0.6) is 0 Å². The van der Waals surface area contributed by atoms with Crippen LogP contribution in [0.3, 0.4) is 0 Å². The second-order valence-electron chi connectivity index (χ2n) is 13.2. The molecule has 0 unspecified atom stereocenters. The molecular formula is C30H53N3O7. The van der Waals surface area contributed by atoms with Gasteiger partial charge in [0.2, 0.25) is 11.8 Å². The van der Waals surface area contributed by atoms with Crippen molar-refractivity contribution in [3.63, 3.8) is 0 Å². The number of nitrogens with one attached hydrogen (secondary N) is 1. The molecular weight excluding hydrogens is 514 g/mol. The molecule has 230 valence electrons. The number of likely N-dealkylation sites (tertiary alicyclic amines) is 1. The quantitative estimate of drug-likeness (QED) is 0.311. The minimum atomic E-state index is -0.844. The molecule has 0 aromatic carbocycles. The summed E-state index contributed by atoms with van der Waals surface area (Å²) >= 11 is 0. The minimum absolute atomic E-state index is 0.0145. The number of carbonyl (C=O) groups excluding carboxylic acids is 4. The summed E-state index contributed by atoms with van der Waals surface area (Å²) in [6.07, 6.45) is 2.18. The Labute approximate surface area is 241 Å². The van der Waals surface area contributed by atoms with Crippen molar-refractivity contribution in [2.24, 2.45) is 17.3 Å². The van der Waals surface area contributed by atoms with Gasteiger partial charge in [0, 0.05) is 26.3 Å². The van der Waals surface area contributed by atoms with Gasteiger partial charge in [0.25, 0.3) is 0 Å². The van der Waals surface area contributed by atoms with Gasteiger partial charge in [-0.3, -0.25) is 14.4 Å². The monoisotopic (exact) mass is 567 g/mol. The van der Waals surface area contributed by atoms with Gasteiger partial charge in [0.15, 0.2) is 0 Å². The Balaban J connectivity index is 3.24. The van der Waals surface area contributed by atoms with Gasteiger partial charge < -0.3 is 29.3 Å². The molecule has 0 aromatic rings. The van der Waals surface area contributed by atoms with Crippen LogP contribution < -0.4 is 5.32 Å².